The fraction of sp³-hybridized carbons (Fsp3) is 0.545. The van der Waals surface area contributed by atoms with Crippen LogP contribution < -0.4 is 0 Å². The summed E-state index contributed by atoms with van der Waals surface area (Å²) < 4.78 is 1.98. The summed E-state index contributed by atoms with van der Waals surface area (Å²) in [6.45, 7) is 9.08. The number of aryl methyl sites for hydroxylation is 1. The monoisotopic (exact) mass is 368 g/mol. The van der Waals surface area contributed by atoms with Crippen LogP contribution in [-0.4, -0.2) is 58.7 Å². The fourth-order valence-electron chi connectivity index (χ4n) is 3.84. The molecule has 1 aliphatic heterocycles. The zero-order valence-electron chi connectivity index (χ0n) is 16.9. The second-order valence-corrected chi connectivity index (χ2v) is 7.52. The van der Waals surface area contributed by atoms with Crippen molar-refractivity contribution < 1.29 is 4.79 Å². The van der Waals surface area contributed by atoms with Crippen molar-refractivity contribution in [3.63, 3.8) is 0 Å². The van der Waals surface area contributed by atoms with Crippen molar-refractivity contribution in [2.24, 2.45) is 0 Å². The highest BCUT2D eigenvalue weighted by Gasteiger charge is 2.16. The number of benzene rings is 1. The van der Waals surface area contributed by atoms with Crippen molar-refractivity contribution >= 4 is 5.91 Å². The maximum atomic E-state index is 12.9. The Bertz CT molecular complexity index is 759. The molecule has 1 aliphatic rings. The second kappa shape index (κ2) is 9.18. The Hall–Kier alpha value is -2.14. The van der Waals surface area contributed by atoms with Crippen LogP contribution in [0.4, 0.5) is 0 Å². The Morgan fingerprint density at radius 3 is 2.59 bits per heavy atom. The molecule has 1 aromatic carbocycles. The summed E-state index contributed by atoms with van der Waals surface area (Å²) in [5, 5.41) is 4.42. The Morgan fingerprint density at radius 1 is 1.19 bits per heavy atom. The number of hydrogen-bond acceptors (Lipinski definition) is 3. The van der Waals surface area contributed by atoms with Gasteiger partial charge in [-0.25, -0.2) is 0 Å². The minimum absolute atomic E-state index is 0.0900. The van der Waals surface area contributed by atoms with Crippen LogP contribution in [0, 0.1) is 6.92 Å². The Labute approximate surface area is 163 Å². The van der Waals surface area contributed by atoms with Gasteiger partial charge in [-0.2, -0.15) is 5.10 Å². The van der Waals surface area contributed by atoms with Crippen LogP contribution in [0.1, 0.15) is 48.7 Å². The Kier molecular flexibility index (Phi) is 6.67. The smallest absolute Gasteiger partial charge is 0.253 e. The van der Waals surface area contributed by atoms with E-state index in [0.29, 0.717) is 0 Å². The molecular formula is C22H32N4O. The third-order valence-electron chi connectivity index (χ3n) is 5.62. The molecule has 0 saturated carbocycles. The van der Waals surface area contributed by atoms with E-state index in [0.717, 1.165) is 55.1 Å². The zero-order chi connectivity index (χ0) is 19.2. The molecule has 2 aromatic rings. The first kappa shape index (κ1) is 19.6. The highest BCUT2D eigenvalue weighted by Crippen LogP contribution is 2.24. The van der Waals surface area contributed by atoms with E-state index < -0.39 is 0 Å². The molecule has 27 heavy (non-hydrogen) atoms. The van der Waals surface area contributed by atoms with E-state index in [9.17, 15) is 4.79 Å². The normalized spacial score (nSPS) is 15.5. The molecule has 0 unspecified atom stereocenters. The van der Waals surface area contributed by atoms with Crippen LogP contribution >= 0.6 is 0 Å². The Morgan fingerprint density at radius 2 is 1.93 bits per heavy atom. The van der Waals surface area contributed by atoms with E-state index in [2.05, 4.69) is 29.9 Å². The second-order valence-electron chi connectivity index (χ2n) is 7.52. The van der Waals surface area contributed by atoms with Gasteiger partial charge in [0.05, 0.1) is 6.20 Å². The fourth-order valence-corrected chi connectivity index (χ4v) is 3.84. The molecule has 5 nitrogen and oxygen atoms in total. The highest BCUT2D eigenvalue weighted by molar-refractivity contribution is 5.95. The van der Waals surface area contributed by atoms with Crippen LogP contribution in [0.15, 0.2) is 30.5 Å². The van der Waals surface area contributed by atoms with Crippen molar-refractivity contribution in [1.82, 2.24) is 19.6 Å². The highest BCUT2D eigenvalue weighted by atomic mass is 16.2. The van der Waals surface area contributed by atoms with Crippen LogP contribution in [0.5, 0.6) is 0 Å². The molecule has 3 rings (SSSR count). The van der Waals surface area contributed by atoms with E-state index in [1.807, 2.05) is 41.0 Å². The van der Waals surface area contributed by atoms with Gasteiger partial charge in [-0.1, -0.05) is 25.0 Å². The summed E-state index contributed by atoms with van der Waals surface area (Å²) in [5.74, 6) is 0.0900. The predicted octanol–water partition coefficient (Wildman–Crippen LogP) is 3.83. The molecule has 1 amide bonds. The van der Waals surface area contributed by atoms with Gasteiger partial charge in [0, 0.05) is 43.5 Å². The van der Waals surface area contributed by atoms with Gasteiger partial charge >= 0.3 is 0 Å². The van der Waals surface area contributed by atoms with Crippen molar-refractivity contribution in [2.75, 3.05) is 33.2 Å². The first-order chi connectivity index (χ1) is 13.1. The minimum Gasteiger partial charge on any atom is -0.340 e. The molecule has 146 valence electrons. The molecule has 0 atom stereocenters. The molecular weight excluding hydrogens is 336 g/mol. The molecule has 1 fully saturated rings. The maximum absolute atomic E-state index is 12.9. The third-order valence-corrected chi connectivity index (χ3v) is 5.62. The molecule has 0 spiro atoms. The van der Waals surface area contributed by atoms with E-state index in [-0.39, 0.29) is 5.91 Å². The van der Waals surface area contributed by atoms with Crippen molar-refractivity contribution in [3.8, 4) is 11.1 Å². The standard InChI is InChI=1S/C22H32N4O/c1-4-26-18(2)21(17-23-26)19-10-9-11-20(16-19)22(27)24(3)14-15-25-12-7-5-6-8-13-25/h9-11,16-17H,4-8,12-15H2,1-3H3. The summed E-state index contributed by atoms with van der Waals surface area (Å²) in [4.78, 5) is 17.3. The number of carbonyl (C=O) groups excluding carboxylic acids is 1. The van der Waals surface area contributed by atoms with Crippen molar-refractivity contribution in [1.29, 1.82) is 0 Å². The van der Waals surface area contributed by atoms with E-state index in [4.69, 9.17) is 0 Å². The number of hydrogen-bond donors (Lipinski definition) is 0. The SMILES string of the molecule is CCn1ncc(-c2cccc(C(=O)N(C)CCN3CCCCCC3)c2)c1C. The van der Waals surface area contributed by atoms with Crippen LogP contribution in [-0.2, 0) is 6.54 Å². The molecule has 1 aromatic heterocycles. The van der Waals surface area contributed by atoms with Gasteiger partial charge in [-0.05, 0) is 57.5 Å². The van der Waals surface area contributed by atoms with Gasteiger partial charge in [0.1, 0.15) is 0 Å². The zero-order valence-corrected chi connectivity index (χ0v) is 16.9. The summed E-state index contributed by atoms with van der Waals surface area (Å²) in [6.07, 6.45) is 7.14. The first-order valence-electron chi connectivity index (χ1n) is 10.2. The maximum Gasteiger partial charge on any atom is 0.253 e. The van der Waals surface area contributed by atoms with E-state index in [1.54, 1.807) is 0 Å². The van der Waals surface area contributed by atoms with E-state index in [1.165, 1.54) is 25.7 Å². The van der Waals surface area contributed by atoms with Crippen molar-refractivity contribution in [2.45, 2.75) is 46.1 Å². The summed E-state index contributed by atoms with van der Waals surface area (Å²) in [7, 11) is 1.91. The lowest BCUT2D eigenvalue weighted by atomic mass is 10.0. The van der Waals surface area contributed by atoms with Gasteiger partial charge in [0.25, 0.3) is 5.91 Å². The summed E-state index contributed by atoms with van der Waals surface area (Å²) in [5.41, 5.74) is 4.03. The largest absolute Gasteiger partial charge is 0.340 e. The first-order valence-corrected chi connectivity index (χ1v) is 10.2. The number of likely N-dealkylation sites (N-methyl/N-ethyl adjacent to an activating group) is 1. The molecule has 2 heterocycles. The van der Waals surface area contributed by atoms with Crippen LogP contribution in [0.25, 0.3) is 11.1 Å². The van der Waals surface area contributed by atoms with E-state index >= 15 is 0 Å². The number of aromatic nitrogens is 2. The number of amides is 1. The number of likely N-dealkylation sites (tertiary alicyclic amines) is 1. The summed E-state index contributed by atoms with van der Waals surface area (Å²) in [6, 6.07) is 7.93. The molecule has 0 N–H and O–H groups in total. The molecule has 0 bridgehead atoms. The lowest BCUT2D eigenvalue weighted by molar-refractivity contribution is 0.0778. The summed E-state index contributed by atoms with van der Waals surface area (Å²) >= 11 is 0. The molecule has 0 aliphatic carbocycles. The lowest BCUT2D eigenvalue weighted by Crippen LogP contribution is -2.36. The number of nitrogens with zero attached hydrogens (tertiary/aromatic N) is 4. The molecule has 1 saturated heterocycles. The predicted molar refractivity (Wildman–Crippen MR) is 110 cm³/mol. The Balaban J connectivity index is 1.66. The third kappa shape index (κ3) is 4.78. The number of rotatable bonds is 6. The van der Waals surface area contributed by atoms with Gasteiger partial charge in [0.15, 0.2) is 0 Å². The van der Waals surface area contributed by atoms with Crippen molar-refractivity contribution in [3.05, 3.63) is 41.7 Å². The van der Waals surface area contributed by atoms with Gasteiger partial charge < -0.3 is 9.80 Å². The molecule has 0 radical (unpaired) electrons. The average molecular weight is 369 g/mol. The lowest BCUT2D eigenvalue weighted by Gasteiger charge is -2.24. The average Bonchev–Trinajstić information content (AvgIpc) is 2.89. The minimum atomic E-state index is 0.0900. The van der Waals surface area contributed by atoms with Gasteiger partial charge in [0.2, 0.25) is 0 Å². The van der Waals surface area contributed by atoms with Gasteiger partial charge in [-0.3, -0.25) is 9.48 Å². The van der Waals surface area contributed by atoms with Crippen LogP contribution in [0.3, 0.4) is 0 Å². The molecule has 5 heteroatoms. The van der Waals surface area contributed by atoms with Gasteiger partial charge in [-0.15, -0.1) is 0 Å². The van der Waals surface area contributed by atoms with Crippen LogP contribution in [0.2, 0.25) is 0 Å². The topological polar surface area (TPSA) is 41.4 Å². The number of carbonyl (C=O) groups is 1. The quantitative estimate of drug-likeness (QED) is 0.778.